The molecule has 0 radical (unpaired) electrons. The Morgan fingerprint density at radius 2 is 1.55 bits per heavy atom. The smallest absolute Gasteiger partial charge is 0.256 e. The monoisotopic (exact) mass is 568 g/mol. The van der Waals surface area contributed by atoms with Crippen molar-refractivity contribution in [1.29, 1.82) is 0 Å². The first-order chi connectivity index (χ1) is 20.5. The molecule has 2 heterocycles. The third-order valence-corrected chi connectivity index (χ3v) is 8.30. The van der Waals surface area contributed by atoms with E-state index in [4.69, 9.17) is 4.74 Å². The van der Waals surface area contributed by atoms with Crippen LogP contribution in [-0.2, 0) is 4.79 Å². The highest BCUT2D eigenvalue weighted by Gasteiger charge is 2.30. The second kappa shape index (κ2) is 13.6. The first-order valence-electron chi connectivity index (χ1n) is 15.0. The number of carbonyl (C=O) groups is 3. The van der Waals surface area contributed by atoms with Gasteiger partial charge in [0.15, 0.2) is 0 Å². The topological polar surface area (TPSA) is 82.2 Å². The molecule has 2 aliphatic rings. The molecule has 3 aromatic carbocycles. The Hall–Kier alpha value is -4.33. The lowest BCUT2D eigenvalue weighted by Gasteiger charge is -2.38. The number of hydrogen-bond donors (Lipinski definition) is 1. The summed E-state index contributed by atoms with van der Waals surface area (Å²) >= 11 is 0. The molecule has 1 N–H and O–H groups in total. The zero-order chi connectivity index (χ0) is 29.5. The molecular weight excluding hydrogens is 528 g/mol. The van der Waals surface area contributed by atoms with Crippen LogP contribution in [-0.4, -0.2) is 73.9 Å². The van der Waals surface area contributed by atoms with E-state index in [1.165, 1.54) is 0 Å². The van der Waals surface area contributed by atoms with Gasteiger partial charge in [-0.15, -0.1) is 0 Å². The van der Waals surface area contributed by atoms with E-state index in [9.17, 15) is 14.4 Å². The highest BCUT2D eigenvalue weighted by molar-refractivity contribution is 6.06. The Morgan fingerprint density at radius 1 is 0.810 bits per heavy atom. The number of anilines is 2. The second-order valence-corrected chi connectivity index (χ2v) is 11.0. The number of nitrogens with one attached hydrogen (secondary N) is 1. The zero-order valence-corrected chi connectivity index (χ0v) is 24.6. The minimum absolute atomic E-state index is 0.0178. The number of hydrogen-bond acceptors (Lipinski definition) is 5. The summed E-state index contributed by atoms with van der Waals surface area (Å²) in [5.41, 5.74) is 3.51. The minimum atomic E-state index is -0.269. The third kappa shape index (κ3) is 6.59. The standard InChI is InChI=1S/C34H40N4O4/c1-3-29(25-11-6-4-7-12-25)33(40)38-21-19-36(20-22-38)31-16-15-27(24-30(31)34(41)37-17-8-5-9-18-37)35-32(39)26-13-10-14-28(23-26)42-2/h4,6-7,10-16,23-24,29H,3,5,8-9,17-22H2,1-2H3,(H,35,39). The van der Waals surface area contributed by atoms with Crippen LogP contribution in [0, 0.1) is 0 Å². The number of piperazine rings is 1. The summed E-state index contributed by atoms with van der Waals surface area (Å²) in [5, 5.41) is 2.96. The number of likely N-dealkylation sites (tertiary alicyclic amines) is 1. The first-order valence-corrected chi connectivity index (χ1v) is 15.0. The summed E-state index contributed by atoms with van der Waals surface area (Å²) in [6.07, 6.45) is 3.87. The molecule has 220 valence electrons. The number of ether oxygens (including phenoxy) is 1. The Kier molecular flexibility index (Phi) is 9.41. The van der Waals surface area contributed by atoms with Gasteiger partial charge in [-0.3, -0.25) is 14.4 Å². The Bertz CT molecular complexity index is 1400. The SMILES string of the molecule is CCC(C(=O)N1CCN(c2ccc(NC(=O)c3cccc(OC)c3)cc2C(=O)N2CCCCC2)CC1)c1ccccc1. The van der Waals surface area contributed by atoms with Crippen LogP contribution in [0.3, 0.4) is 0 Å². The molecule has 0 aliphatic carbocycles. The molecule has 2 fully saturated rings. The fraction of sp³-hybridized carbons (Fsp3) is 0.382. The van der Waals surface area contributed by atoms with Crippen LogP contribution in [0.1, 0.15) is 64.8 Å². The van der Waals surface area contributed by atoms with Crippen molar-refractivity contribution in [3.8, 4) is 5.75 Å². The third-order valence-electron chi connectivity index (χ3n) is 8.30. The lowest BCUT2D eigenvalue weighted by atomic mass is 9.94. The van der Waals surface area contributed by atoms with Crippen molar-refractivity contribution >= 4 is 29.1 Å². The van der Waals surface area contributed by atoms with Crippen LogP contribution >= 0.6 is 0 Å². The number of amides is 3. The van der Waals surface area contributed by atoms with Crippen molar-refractivity contribution < 1.29 is 19.1 Å². The predicted octanol–water partition coefficient (Wildman–Crippen LogP) is 5.42. The molecule has 8 nitrogen and oxygen atoms in total. The van der Waals surface area contributed by atoms with Crippen molar-refractivity contribution in [2.24, 2.45) is 0 Å². The number of piperidine rings is 1. The summed E-state index contributed by atoms with van der Waals surface area (Å²) in [6.45, 7) is 5.97. The normalized spacial score (nSPS) is 16.1. The summed E-state index contributed by atoms with van der Waals surface area (Å²) in [7, 11) is 1.56. The largest absolute Gasteiger partial charge is 0.497 e. The van der Waals surface area contributed by atoms with E-state index in [1.54, 1.807) is 37.4 Å². The molecule has 1 atom stereocenters. The Balaban J connectivity index is 1.34. The van der Waals surface area contributed by atoms with Gasteiger partial charge in [-0.1, -0.05) is 43.3 Å². The molecule has 0 aromatic heterocycles. The quantitative estimate of drug-likeness (QED) is 0.393. The molecule has 0 spiro atoms. The van der Waals surface area contributed by atoms with Crippen molar-refractivity contribution in [1.82, 2.24) is 9.80 Å². The van der Waals surface area contributed by atoms with Crippen LogP contribution < -0.4 is 15.0 Å². The number of benzene rings is 3. The van der Waals surface area contributed by atoms with Gasteiger partial charge >= 0.3 is 0 Å². The molecule has 8 heteroatoms. The van der Waals surface area contributed by atoms with Crippen molar-refractivity contribution in [3.05, 3.63) is 89.5 Å². The van der Waals surface area contributed by atoms with E-state index < -0.39 is 0 Å². The van der Waals surface area contributed by atoms with Gasteiger partial charge in [-0.05, 0) is 67.6 Å². The van der Waals surface area contributed by atoms with Crippen molar-refractivity contribution in [3.63, 3.8) is 0 Å². The van der Waals surface area contributed by atoms with Gasteiger partial charge in [0.2, 0.25) is 5.91 Å². The molecule has 1 unspecified atom stereocenters. The molecule has 5 rings (SSSR count). The van der Waals surface area contributed by atoms with Crippen LogP contribution in [0.5, 0.6) is 5.75 Å². The highest BCUT2D eigenvalue weighted by Crippen LogP contribution is 2.30. The van der Waals surface area contributed by atoms with Gasteiger partial charge in [0, 0.05) is 56.2 Å². The van der Waals surface area contributed by atoms with E-state index in [0.29, 0.717) is 48.7 Å². The van der Waals surface area contributed by atoms with E-state index in [1.807, 2.05) is 52.3 Å². The molecule has 0 bridgehead atoms. The summed E-state index contributed by atoms with van der Waals surface area (Å²) in [5.74, 6) is 0.320. The van der Waals surface area contributed by atoms with Gasteiger partial charge in [-0.2, -0.15) is 0 Å². The van der Waals surface area contributed by atoms with E-state index in [-0.39, 0.29) is 23.6 Å². The highest BCUT2D eigenvalue weighted by atomic mass is 16.5. The van der Waals surface area contributed by atoms with Gasteiger partial charge in [0.05, 0.1) is 18.6 Å². The maximum Gasteiger partial charge on any atom is 0.256 e. The van der Waals surface area contributed by atoms with Crippen molar-refractivity contribution in [2.45, 2.75) is 38.5 Å². The second-order valence-electron chi connectivity index (χ2n) is 11.0. The number of methoxy groups -OCH3 is 1. The number of rotatable bonds is 8. The van der Waals surface area contributed by atoms with E-state index in [0.717, 1.165) is 50.0 Å². The van der Waals surface area contributed by atoms with Gasteiger partial charge in [-0.25, -0.2) is 0 Å². The molecule has 0 saturated carbocycles. The Morgan fingerprint density at radius 3 is 2.24 bits per heavy atom. The molecule has 2 saturated heterocycles. The zero-order valence-electron chi connectivity index (χ0n) is 24.6. The van der Waals surface area contributed by atoms with Crippen molar-refractivity contribution in [2.75, 3.05) is 56.6 Å². The summed E-state index contributed by atoms with van der Waals surface area (Å²) in [4.78, 5) is 46.4. The average Bonchev–Trinajstić information content (AvgIpc) is 3.05. The fourth-order valence-electron chi connectivity index (χ4n) is 5.92. The summed E-state index contributed by atoms with van der Waals surface area (Å²) in [6, 6.07) is 22.5. The predicted molar refractivity (Wildman–Crippen MR) is 165 cm³/mol. The lowest BCUT2D eigenvalue weighted by molar-refractivity contribution is -0.133. The van der Waals surface area contributed by atoms with Crippen LogP contribution in [0.4, 0.5) is 11.4 Å². The van der Waals surface area contributed by atoms with Gasteiger partial charge in [0.25, 0.3) is 11.8 Å². The maximum atomic E-state index is 13.8. The number of carbonyl (C=O) groups excluding carboxylic acids is 3. The molecule has 3 amide bonds. The maximum absolute atomic E-state index is 13.8. The van der Waals surface area contributed by atoms with Gasteiger partial charge in [0.1, 0.15) is 5.75 Å². The van der Waals surface area contributed by atoms with E-state index >= 15 is 0 Å². The average molecular weight is 569 g/mol. The van der Waals surface area contributed by atoms with Crippen LogP contribution in [0.2, 0.25) is 0 Å². The lowest BCUT2D eigenvalue weighted by Crippen LogP contribution is -2.50. The van der Waals surface area contributed by atoms with Gasteiger partial charge < -0.3 is 24.8 Å². The Labute approximate surface area is 248 Å². The minimum Gasteiger partial charge on any atom is -0.497 e. The molecule has 2 aliphatic heterocycles. The first kappa shape index (κ1) is 29.2. The van der Waals surface area contributed by atoms with E-state index in [2.05, 4.69) is 17.1 Å². The van der Waals surface area contributed by atoms with Crippen LogP contribution in [0.25, 0.3) is 0 Å². The number of nitrogens with zero attached hydrogens (tertiary/aromatic N) is 3. The molecule has 3 aromatic rings. The molecular formula is C34H40N4O4. The fourth-order valence-corrected chi connectivity index (χ4v) is 5.92. The summed E-state index contributed by atoms with van der Waals surface area (Å²) < 4.78 is 5.26. The molecule has 42 heavy (non-hydrogen) atoms. The van der Waals surface area contributed by atoms with Crippen LogP contribution in [0.15, 0.2) is 72.8 Å².